The molecule has 0 aromatic heterocycles. The van der Waals surface area contributed by atoms with E-state index < -0.39 is 19.1 Å². The van der Waals surface area contributed by atoms with E-state index in [0.29, 0.717) is 13.2 Å². The molecule has 2 rings (SSSR count). The van der Waals surface area contributed by atoms with Gasteiger partial charge >= 0.3 is 0 Å². The molecule has 1 aromatic rings. The van der Waals surface area contributed by atoms with Crippen LogP contribution < -0.4 is 16.0 Å². The lowest BCUT2D eigenvalue weighted by Crippen LogP contribution is -2.47. The van der Waals surface area contributed by atoms with Gasteiger partial charge in [-0.25, -0.2) is 4.39 Å². The van der Waals surface area contributed by atoms with Gasteiger partial charge in [0, 0.05) is 25.2 Å². The molecule has 1 heterocycles. The Morgan fingerprint density at radius 3 is 2.61 bits per heavy atom. The average molecular weight is 327 g/mol. The maximum Gasteiger partial charge on any atom is 0.134 e. The molecule has 130 valence electrons. The van der Waals surface area contributed by atoms with Crippen LogP contribution in [0.3, 0.4) is 0 Å². The summed E-state index contributed by atoms with van der Waals surface area (Å²) in [5, 5.41) is 28.6. The number of alkyl halides is 1. The minimum atomic E-state index is -1.16. The van der Waals surface area contributed by atoms with E-state index in [1.54, 1.807) is 0 Å². The van der Waals surface area contributed by atoms with E-state index in [-0.39, 0.29) is 12.1 Å². The smallest absolute Gasteiger partial charge is 0.134 e. The molecule has 0 spiro atoms. The minimum absolute atomic E-state index is 0.177. The molecule has 1 aromatic carbocycles. The summed E-state index contributed by atoms with van der Waals surface area (Å²) in [6.07, 6.45) is -1.92. The quantitative estimate of drug-likeness (QED) is 0.439. The number of halogens is 1. The van der Waals surface area contributed by atoms with Crippen LogP contribution in [0.1, 0.15) is 30.3 Å². The lowest BCUT2D eigenvalue weighted by molar-refractivity contribution is 0.0657. The van der Waals surface area contributed by atoms with E-state index in [2.05, 4.69) is 16.0 Å². The fraction of sp³-hybridized carbons (Fsp3) is 0.625. The summed E-state index contributed by atoms with van der Waals surface area (Å²) in [6, 6.07) is 7.36. The molecule has 0 aliphatic carbocycles. The molecular formula is C16H26FN3O3. The van der Waals surface area contributed by atoms with Gasteiger partial charge in [-0.2, -0.15) is 0 Å². The van der Waals surface area contributed by atoms with Crippen LogP contribution in [0.15, 0.2) is 24.3 Å². The number of ether oxygens (including phenoxy) is 1. The van der Waals surface area contributed by atoms with Crippen LogP contribution in [0.2, 0.25) is 0 Å². The van der Waals surface area contributed by atoms with Crippen molar-refractivity contribution in [1.82, 2.24) is 16.0 Å². The Labute approximate surface area is 136 Å². The average Bonchev–Trinajstić information content (AvgIpc) is 2.60. The summed E-state index contributed by atoms with van der Waals surface area (Å²) in [4.78, 5) is 0. The minimum Gasteiger partial charge on any atom is -0.378 e. The first kappa shape index (κ1) is 18.3. The predicted molar refractivity (Wildman–Crippen MR) is 85.5 cm³/mol. The van der Waals surface area contributed by atoms with E-state index >= 15 is 0 Å². The number of aliphatic hydroxyl groups excluding tert-OH is 2. The van der Waals surface area contributed by atoms with E-state index in [4.69, 9.17) is 4.74 Å². The Hall–Kier alpha value is -1.09. The normalized spacial score (nSPS) is 22.5. The van der Waals surface area contributed by atoms with Crippen molar-refractivity contribution < 1.29 is 19.3 Å². The van der Waals surface area contributed by atoms with Crippen LogP contribution in [-0.4, -0.2) is 55.5 Å². The summed E-state index contributed by atoms with van der Waals surface area (Å²) in [5.74, 6) is 0. The van der Waals surface area contributed by atoms with E-state index in [1.807, 2.05) is 31.2 Å². The van der Waals surface area contributed by atoms with Crippen molar-refractivity contribution in [3.05, 3.63) is 35.4 Å². The molecule has 0 saturated carbocycles. The maximum absolute atomic E-state index is 12.3. The fourth-order valence-corrected chi connectivity index (χ4v) is 2.52. The third-order valence-electron chi connectivity index (χ3n) is 3.90. The van der Waals surface area contributed by atoms with Gasteiger partial charge in [0.2, 0.25) is 0 Å². The number of aliphatic hydroxyl groups is 2. The predicted octanol–water partition coefficient (Wildman–Crippen LogP) is 0.194. The zero-order valence-corrected chi connectivity index (χ0v) is 13.3. The summed E-state index contributed by atoms with van der Waals surface area (Å²) in [7, 11) is 0. The van der Waals surface area contributed by atoms with Crippen molar-refractivity contribution in [1.29, 1.82) is 0 Å². The van der Waals surface area contributed by atoms with Crippen molar-refractivity contribution >= 4 is 0 Å². The molecule has 1 fully saturated rings. The van der Waals surface area contributed by atoms with E-state index in [1.165, 1.54) is 0 Å². The summed E-state index contributed by atoms with van der Waals surface area (Å²) < 4.78 is 17.7. The summed E-state index contributed by atoms with van der Waals surface area (Å²) >= 11 is 0. The zero-order valence-electron chi connectivity index (χ0n) is 13.3. The molecule has 6 nitrogen and oxygen atoms in total. The lowest BCUT2D eigenvalue weighted by atomic mass is 10.1. The molecule has 1 saturated heterocycles. The first-order chi connectivity index (χ1) is 11.1. The summed E-state index contributed by atoms with van der Waals surface area (Å²) in [5.41, 5.74) is 1.67. The zero-order chi connectivity index (χ0) is 16.7. The lowest BCUT2D eigenvalue weighted by Gasteiger charge is -2.25. The second-order valence-corrected chi connectivity index (χ2v) is 5.76. The second kappa shape index (κ2) is 9.27. The first-order valence-corrected chi connectivity index (χ1v) is 7.92. The van der Waals surface area contributed by atoms with Crippen molar-refractivity contribution in [2.24, 2.45) is 0 Å². The SMILES string of the molecule is CC(NC(O)CF)c1ccc(C(O)NC[C@H]2COCCN2)cc1. The number of rotatable bonds is 8. The molecule has 0 amide bonds. The molecule has 0 bridgehead atoms. The van der Waals surface area contributed by atoms with Crippen molar-refractivity contribution in [3.63, 3.8) is 0 Å². The molecule has 7 heteroatoms. The molecule has 1 aliphatic rings. The van der Waals surface area contributed by atoms with Crippen LogP contribution in [0.5, 0.6) is 0 Å². The van der Waals surface area contributed by atoms with Gasteiger partial charge in [-0.1, -0.05) is 24.3 Å². The molecule has 1 aliphatic heterocycles. The van der Waals surface area contributed by atoms with Gasteiger partial charge < -0.3 is 20.3 Å². The van der Waals surface area contributed by atoms with Gasteiger partial charge in [0.25, 0.3) is 0 Å². The number of hydrogen-bond donors (Lipinski definition) is 5. The fourth-order valence-electron chi connectivity index (χ4n) is 2.52. The molecular weight excluding hydrogens is 301 g/mol. The van der Waals surface area contributed by atoms with Gasteiger partial charge in [-0.05, 0) is 18.1 Å². The number of hydrogen-bond acceptors (Lipinski definition) is 6. The van der Waals surface area contributed by atoms with Crippen LogP contribution in [0.25, 0.3) is 0 Å². The van der Waals surface area contributed by atoms with E-state index in [0.717, 1.165) is 24.3 Å². The van der Waals surface area contributed by atoms with Crippen LogP contribution in [0.4, 0.5) is 4.39 Å². The molecule has 23 heavy (non-hydrogen) atoms. The van der Waals surface area contributed by atoms with Crippen molar-refractivity contribution in [3.8, 4) is 0 Å². The number of morpholine rings is 1. The maximum atomic E-state index is 12.3. The van der Waals surface area contributed by atoms with Crippen LogP contribution in [-0.2, 0) is 4.74 Å². The van der Waals surface area contributed by atoms with Crippen LogP contribution in [0, 0.1) is 0 Å². The summed E-state index contributed by atoms with van der Waals surface area (Å²) in [6.45, 7) is 3.82. The molecule has 4 atom stereocenters. The number of nitrogens with one attached hydrogen (secondary N) is 3. The molecule has 3 unspecified atom stereocenters. The Morgan fingerprint density at radius 2 is 2.00 bits per heavy atom. The van der Waals surface area contributed by atoms with Crippen molar-refractivity contribution in [2.75, 3.05) is 33.0 Å². The third-order valence-corrected chi connectivity index (χ3v) is 3.90. The Balaban J connectivity index is 1.82. The highest BCUT2D eigenvalue weighted by Crippen LogP contribution is 2.17. The molecule has 5 N–H and O–H groups in total. The first-order valence-electron chi connectivity index (χ1n) is 7.92. The van der Waals surface area contributed by atoms with Crippen molar-refractivity contribution in [2.45, 2.75) is 31.5 Å². The van der Waals surface area contributed by atoms with Gasteiger partial charge in [0.15, 0.2) is 0 Å². The Bertz CT molecular complexity index is 454. The van der Waals surface area contributed by atoms with Gasteiger partial charge in [-0.3, -0.25) is 10.6 Å². The topological polar surface area (TPSA) is 85.8 Å². The highest BCUT2D eigenvalue weighted by molar-refractivity contribution is 5.26. The van der Waals surface area contributed by atoms with Crippen LogP contribution >= 0.6 is 0 Å². The third kappa shape index (κ3) is 5.80. The van der Waals surface area contributed by atoms with Gasteiger partial charge in [-0.15, -0.1) is 0 Å². The Kier molecular flexibility index (Phi) is 7.35. The second-order valence-electron chi connectivity index (χ2n) is 5.76. The standard InChI is InChI=1S/C16H26FN3O3/c1-11(20-15(21)8-17)12-2-4-13(5-3-12)16(22)19-9-14-10-23-7-6-18-14/h2-5,11,14-16,18-22H,6-10H2,1H3/t11?,14-,15?,16?/m0/s1. The molecule has 0 radical (unpaired) electrons. The van der Waals surface area contributed by atoms with Gasteiger partial charge in [0.1, 0.15) is 19.1 Å². The van der Waals surface area contributed by atoms with E-state index in [9.17, 15) is 14.6 Å². The highest BCUT2D eigenvalue weighted by Gasteiger charge is 2.16. The Morgan fingerprint density at radius 1 is 1.30 bits per heavy atom. The number of benzene rings is 1. The largest absolute Gasteiger partial charge is 0.378 e. The monoisotopic (exact) mass is 327 g/mol. The highest BCUT2D eigenvalue weighted by atomic mass is 19.1. The van der Waals surface area contributed by atoms with Gasteiger partial charge in [0.05, 0.1) is 13.2 Å².